The molecule has 0 spiro atoms. The molecule has 36 heavy (non-hydrogen) atoms. The van der Waals surface area contributed by atoms with E-state index in [4.69, 9.17) is 9.84 Å². The number of carboxylic acids is 1. The molecule has 7 nitrogen and oxygen atoms in total. The Morgan fingerprint density at radius 2 is 1.86 bits per heavy atom. The van der Waals surface area contributed by atoms with Gasteiger partial charge in [0.1, 0.15) is 17.4 Å². The maximum Gasteiger partial charge on any atom is 0.335 e. The van der Waals surface area contributed by atoms with E-state index in [0.717, 1.165) is 23.5 Å². The van der Waals surface area contributed by atoms with E-state index in [1.807, 2.05) is 0 Å². The number of nitrogens with one attached hydrogen (secondary N) is 1. The number of likely N-dealkylation sites (tertiary alicyclic amines) is 1. The minimum absolute atomic E-state index is 0.0173. The summed E-state index contributed by atoms with van der Waals surface area (Å²) in [5.74, 6) is -7.62. The number of amides is 1. The Hall–Kier alpha value is -3.51. The summed E-state index contributed by atoms with van der Waals surface area (Å²) in [7, 11) is 0. The highest BCUT2D eigenvalue weighted by molar-refractivity contribution is 7.17. The van der Waals surface area contributed by atoms with Crippen molar-refractivity contribution >= 4 is 28.3 Å². The van der Waals surface area contributed by atoms with Crippen molar-refractivity contribution in [1.82, 2.24) is 9.88 Å². The highest BCUT2D eigenvalue weighted by Crippen LogP contribution is 2.41. The highest BCUT2D eigenvalue weighted by Gasteiger charge is 2.47. The van der Waals surface area contributed by atoms with Gasteiger partial charge < -0.3 is 15.2 Å². The molecule has 0 aliphatic carbocycles. The lowest BCUT2D eigenvalue weighted by Gasteiger charge is -2.40. The SMILES string of the molecule is CC(C(=O)Nc1ncc(Oc2cc(F)cc(F)c2)s1)N1CCC(c2ccc(C(=O)O)cc2)C(F)(F)C1. The number of carbonyl (C=O) groups excluding carboxylic acids is 1. The number of piperidine rings is 1. The lowest BCUT2D eigenvalue weighted by Crippen LogP contribution is -2.53. The van der Waals surface area contributed by atoms with Gasteiger partial charge in [0.15, 0.2) is 5.13 Å². The molecule has 2 heterocycles. The first kappa shape index (κ1) is 25.6. The quantitative estimate of drug-likeness (QED) is 0.405. The van der Waals surface area contributed by atoms with E-state index in [9.17, 15) is 18.4 Å². The van der Waals surface area contributed by atoms with Crippen LogP contribution in [0.2, 0.25) is 0 Å². The zero-order valence-electron chi connectivity index (χ0n) is 18.9. The molecule has 0 saturated carbocycles. The van der Waals surface area contributed by atoms with Gasteiger partial charge in [0.05, 0.1) is 30.3 Å². The number of anilines is 1. The molecule has 1 amide bonds. The van der Waals surface area contributed by atoms with Gasteiger partial charge in [-0.2, -0.15) is 0 Å². The van der Waals surface area contributed by atoms with Gasteiger partial charge in [-0.15, -0.1) is 0 Å². The summed E-state index contributed by atoms with van der Waals surface area (Å²) in [5, 5.41) is 11.9. The third-order valence-corrected chi connectivity index (χ3v) is 6.68. The second-order valence-electron chi connectivity index (χ2n) is 8.36. The summed E-state index contributed by atoms with van der Waals surface area (Å²) >= 11 is 0.914. The molecule has 3 aromatic rings. The van der Waals surface area contributed by atoms with Gasteiger partial charge in [0.25, 0.3) is 5.92 Å². The number of rotatable bonds is 7. The number of halogens is 4. The Labute approximate surface area is 207 Å². The molecule has 1 aromatic heterocycles. The largest absolute Gasteiger partial charge is 0.478 e. The van der Waals surface area contributed by atoms with E-state index in [1.165, 1.54) is 42.3 Å². The van der Waals surface area contributed by atoms with Crippen molar-refractivity contribution in [2.75, 3.05) is 18.4 Å². The monoisotopic (exact) mass is 523 g/mol. The van der Waals surface area contributed by atoms with E-state index in [-0.39, 0.29) is 34.5 Å². The number of nitrogens with zero attached hydrogens (tertiary/aromatic N) is 2. The van der Waals surface area contributed by atoms with Gasteiger partial charge in [-0.3, -0.25) is 9.69 Å². The minimum atomic E-state index is -3.14. The van der Waals surface area contributed by atoms with Gasteiger partial charge in [0.2, 0.25) is 11.0 Å². The zero-order valence-corrected chi connectivity index (χ0v) is 19.7. The number of carbonyl (C=O) groups is 2. The first-order valence-electron chi connectivity index (χ1n) is 10.9. The number of aromatic nitrogens is 1. The Morgan fingerprint density at radius 1 is 1.19 bits per heavy atom. The third kappa shape index (κ3) is 5.82. The summed E-state index contributed by atoms with van der Waals surface area (Å²) in [6.45, 7) is 1.09. The number of alkyl halides is 2. The summed E-state index contributed by atoms with van der Waals surface area (Å²) in [6.07, 6.45) is 1.35. The van der Waals surface area contributed by atoms with Gasteiger partial charge in [0, 0.05) is 18.2 Å². The number of carboxylic acid groups (broad SMARTS) is 1. The van der Waals surface area contributed by atoms with E-state index in [2.05, 4.69) is 10.3 Å². The van der Waals surface area contributed by atoms with Crippen molar-refractivity contribution in [3.05, 3.63) is 71.4 Å². The van der Waals surface area contributed by atoms with Crippen LogP contribution >= 0.6 is 11.3 Å². The smallest absolute Gasteiger partial charge is 0.335 e. The van der Waals surface area contributed by atoms with Crippen molar-refractivity contribution < 1.29 is 37.0 Å². The van der Waals surface area contributed by atoms with Crippen LogP contribution in [0.3, 0.4) is 0 Å². The predicted molar refractivity (Wildman–Crippen MR) is 124 cm³/mol. The number of aromatic carboxylic acids is 1. The van der Waals surface area contributed by atoms with Crippen LogP contribution in [0.4, 0.5) is 22.7 Å². The second-order valence-corrected chi connectivity index (χ2v) is 9.35. The fraction of sp³-hybridized carbons (Fsp3) is 0.292. The second kappa shape index (κ2) is 10.2. The van der Waals surface area contributed by atoms with Crippen LogP contribution in [-0.2, 0) is 4.79 Å². The van der Waals surface area contributed by atoms with Crippen molar-refractivity contribution in [2.24, 2.45) is 0 Å². The summed E-state index contributed by atoms with van der Waals surface area (Å²) < 4.78 is 62.0. The lowest BCUT2D eigenvalue weighted by atomic mass is 9.85. The van der Waals surface area contributed by atoms with Crippen LogP contribution in [0.5, 0.6) is 10.8 Å². The van der Waals surface area contributed by atoms with Crippen molar-refractivity contribution in [2.45, 2.75) is 31.2 Å². The van der Waals surface area contributed by atoms with Crippen molar-refractivity contribution in [1.29, 1.82) is 0 Å². The number of benzene rings is 2. The molecular formula is C24H21F4N3O4S. The van der Waals surface area contributed by atoms with E-state index >= 15 is 8.78 Å². The Bertz CT molecular complexity index is 1250. The molecule has 0 radical (unpaired) electrons. The van der Waals surface area contributed by atoms with Crippen LogP contribution in [0, 0.1) is 11.6 Å². The van der Waals surface area contributed by atoms with E-state index in [1.54, 1.807) is 0 Å². The Morgan fingerprint density at radius 3 is 2.47 bits per heavy atom. The maximum atomic E-state index is 15.0. The average molecular weight is 524 g/mol. The molecule has 1 saturated heterocycles. The number of hydrogen-bond acceptors (Lipinski definition) is 6. The summed E-state index contributed by atoms with van der Waals surface area (Å²) in [4.78, 5) is 29.1. The van der Waals surface area contributed by atoms with Gasteiger partial charge in [-0.25, -0.2) is 27.3 Å². The van der Waals surface area contributed by atoms with E-state index < -0.39 is 47.9 Å². The van der Waals surface area contributed by atoms with Crippen LogP contribution in [0.1, 0.15) is 35.2 Å². The van der Waals surface area contributed by atoms with Crippen LogP contribution < -0.4 is 10.1 Å². The number of hydrogen-bond donors (Lipinski definition) is 2. The molecule has 2 N–H and O–H groups in total. The Kier molecular flexibility index (Phi) is 7.27. The standard InChI is InChI=1S/C24H21F4N3O4S/c1-13(21(32)30-23-29-11-20(36-23)35-18-9-16(25)8-17(26)10-18)31-7-6-19(24(27,28)12-31)14-2-4-15(5-3-14)22(33)34/h2-5,8-11,13,19H,6-7,12H2,1H3,(H,33,34)(H,29,30,32). The lowest BCUT2D eigenvalue weighted by molar-refractivity contribution is -0.127. The average Bonchev–Trinajstić information content (AvgIpc) is 3.23. The van der Waals surface area contributed by atoms with Crippen molar-refractivity contribution in [3.63, 3.8) is 0 Å². The number of thiazole rings is 1. The van der Waals surface area contributed by atoms with Crippen LogP contribution in [0.15, 0.2) is 48.7 Å². The fourth-order valence-corrected chi connectivity index (χ4v) is 4.70. The number of ether oxygens (including phenoxy) is 1. The molecule has 0 bridgehead atoms. The molecule has 2 aromatic carbocycles. The van der Waals surface area contributed by atoms with Gasteiger partial charge in [-0.05, 0) is 37.6 Å². The first-order chi connectivity index (χ1) is 17.0. The predicted octanol–water partition coefficient (Wildman–Crippen LogP) is 5.36. The molecule has 1 fully saturated rings. The first-order valence-corrected chi connectivity index (χ1v) is 11.7. The van der Waals surface area contributed by atoms with Crippen LogP contribution in [0.25, 0.3) is 0 Å². The normalized spacial score (nSPS) is 18.4. The molecule has 2 atom stereocenters. The summed E-state index contributed by atoms with van der Waals surface area (Å²) in [6, 6.07) is 7.19. The highest BCUT2D eigenvalue weighted by atomic mass is 32.1. The Balaban J connectivity index is 1.36. The maximum absolute atomic E-state index is 15.0. The molecule has 12 heteroatoms. The summed E-state index contributed by atoms with van der Waals surface area (Å²) in [5.41, 5.74) is 0.360. The molecule has 190 valence electrons. The topological polar surface area (TPSA) is 91.8 Å². The molecular weight excluding hydrogens is 502 g/mol. The molecule has 1 aliphatic heterocycles. The van der Waals surface area contributed by atoms with Crippen LogP contribution in [-0.4, -0.2) is 51.9 Å². The van der Waals surface area contributed by atoms with E-state index in [0.29, 0.717) is 11.6 Å². The zero-order chi connectivity index (χ0) is 26.0. The van der Waals surface area contributed by atoms with Gasteiger partial charge >= 0.3 is 5.97 Å². The molecule has 4 rings (SSSR count). The third-order valence-electron chi connectivity index (χ3n) is 5.88. The van der Waals surface area contributed by atoms with Crippen molar-refractivity contribution in [3.8, 4) is 10.8 Å². The molecule has 1 aliphatic rings. The van der Waals surface area contributed by atoms with Gasteiger partial charge in [-0.1, -0.05) is 23.5 Å². The minimum Gasteiger partial charge on any atom is -0.478 e. The fourth-order valence-electron chi connectivity index (χ4n) is 4.01. The molecule has 2 unspecified atom stereocenters.